The van der Waals surface area contributed by atoms with Gasteiger partial charge in [-0.25, -0.2) is 0 Å². The number of hydrogen-bond donors (Lipinski definition) is 1. The third-order valence-corrected chi connectivity index (χ3v) is 16.3. The smallest absolute Gasteiger partial charge is 0.191 e. The predicted molar refractivity (Wildman–Crippen MR) is 144 cm³/mol. The average Bonchev–Trinajstić information content (AvgIpc) is 3.28. The molecule has 3 aliphatic rings. The van der Waals surface area contributed by atoms with Crippen molar-refractivity contribution in [2.75, 3.05) is 27.1 Å². The zero-order chi connectivity index (χ0) is 26.1. The van der Waals surface area contributed by atoms with E-state index in [9.17, 15) is 9.90 Å². The van der Waals surface area contributed by atoms with Crippen LogP contribution in [0.3, 0.4) is 0 Å². The van der Waals surface area contributed by atoms with Crippen molar-refractivity contribution in [3.8, 4) is 0 Å². The lowest BCUT2D eigenvalue weighted by Crippen LogP contribution is -2.63. The van der Waals surface area contributed by atoms with Gasteiger partial charge in [0.05, 0.1) is 6.10 Å². The van der Waals surface area contributed by atoms with Crippen LogP contribution in [0.15, 0.2) is 0 Å². The zero-order valence-electron chi connectivity index (χ0n) is 24.0. The van der Waals surface area contributed by atoms with Crippen LogP contribution in [0.2, 0.25) is 18.1 Å². The highest BCUT2D eigenvalue weighted by molar-refractivity contribution is 6.73. The van der Waals surface area contributed by atoms with Gasteiger partial charge in [-0.15, -0.1) is 0 Å². The molecule has 1 N–H and O–H groups in total. The fourth-order valence-corrected chi connectivity index (χ4v) is 11.5. The maximum atomic E-state index is 14.1. The normalized spacial score (nSPS) is 42.0. The van der Waals surface area contributed by atoms with Gasteiger partial charge in [0.15, 0.2) is 8.32 Å². The molecule has 8 atom stereocenters. The van der Waals surface area contributed by atoms with Gasteiger partial charge in [0.25, 0.3) is 0 Å². The summed E-state index contributed by atoms with van der Waals surface area (Å²) in [6.07, 6.45) is 5.59. The highest BCUT2D eigenvalue weighted by atomic mass is 28.4. The largest absolute Gasteiger partial charge is 0.417 e. The van der Waals surface area contributed by atoms with E-state index in [4.69, 9.17) is 13.9 Å². The van der Waals surface area contributed by atoms with Gasteiger partial charge in [0.2, 0.25) is 0 Å². The van der Waals surface area contributed by atoms with Gasteiger partial charge >= 0.3 is 0 Å². The standard InChI is InChI=1S/C29H54O5Si/c1-9-27(6)17-24(33-20-32-8)28(7)23(19-34-35(10-2,11-3)12-4)14-16-29(21(5)26(27)31)15-13-22(18-30)25(28)29/h21-25,30H,9-20H2,1-8H3/t21-,22+,23+,24-,25?,27-,28+,29-/m1/s1. The van der Waals surface area contributed by atoms with E-state index in [0.717, 1.165) is 56.8 Å². The summed E-state index contributed by atoms with van der Waals surface area (Å²) < 4.78 is 19.0. The second-order valence-corrected chi connectivity index (χ2v) is 17.4. The van der Waals surface area contributed by atoms with Gasteiger partial charge in [-0.2, -0.15) is 0 Å². The van der Waals surface area contributed by atoms with Crippen LogP contribution in [0, 0.1) is 39.9 Å². The molecule has 0 aromatic rings. The number of ether oxygens (including phenoxy) is 2. The van der Waals surface area contributed by atoms with Crippen LogP contribution in [0.4, 0.5) is 0 Å². The Labute approximate surface area is 216 Å². The molecule has 35 heavy (non-hydrogen) atoms. The number of carbonyl (C=O) groups excluding carboxylic acids is 1. The van der Waals surface area contributed by atoms with Crippen LogP contribution in [-0.4, -0.2) is 52.4 Å². The first-order valence-corrected chi connectivity index (χ1v) is 17.0. The molecular weight excluding hydrogens is 456 g/mol. The number of aliphatic hydroxyl groups excluding tert-OH is 1. The van der Waals surface area contributed by atoms with Crippen LogP contribution >= 0.6 is 0 Å². The molecule has 1 unspecified atom stereocenters. The van der Waals surface area contributed by atoms with E-state index >= 15 is 0 Å². The van der Waals surface area contributed by atoms with Crippen LogP contribution in [-0.2, 0) is 18.7 Å². The van der Waals surface area contributed by atoms with Crippen LogP contribution in [0.5, 0.6) is 0 Å². The molecule has 5 nitrogen and oxygen atoms in total. The summed E-state index contributed by atoms with van der Waals surface area (Å²) in [6, 6.07) is 3.46. The van der Waals surface area contributed by atoms with Gasteiger partial charge in [0, 0.05) is 37.1 Å². The SMILES string of the molecule is CC[C@]1(C)C[C@@H](OCOC)[C@@]2(C)C3[C@H](CO)CC[C@@]3(CC[C@H]2CO[Si](CC)(CC)CC)[C@H](C)C1=O. The van der Waals surface area contributed by atoms with Gasteiger partial charge in [-0.1, -0.05) is 48.5 Å². The number of Topliss-reactive ketones (excluding diaryl/α,β-unsaturated/α-hetero) is 1. The van der Waals surface area contributed by atoms with E-state index in [2.05, 4.69) is 48.5 Å². The number of methoxy groups -OCH3 is 1. The third-order valence-electron chi connectivity index (χ3n) is 11.7. The molecule has 0 aromatic carbocycles. The lowest BCUT2D eigenvalue weighted by atomic mass is 9.43. The second kappa shape index (κ2) is 11.2. The van der Waals surface area contributed by atoms with Crippen LogP contribution in [0.1, 0.15) is 87.0 Å². The molecule has 204 valence electrons. The Bertz CT molecular complexity index is 718. The average molecular weight is 511 g/mol. The summed E-state index contributed by atoms with van der Waals surface area (Å²) in [4.78, 5) is 14.1. The Morgan fingerprint density at radius 3 is 2.23 bits per heavy atom. The van der Waals surface area contributed by atoms with Crippen molar-refractivity contribution in [1.29, 1.82) is 0 Å². The summed E-state index contributed by atoms with van der Waals surface area (Å²) in [6.45, 7) is 17.1. The minimum absolute atomic E-state index is 0.00830. The maximum Gasteiger partial charge on any atom is 0.191 e. The molecule has 2 bridgehead atoms. The van der Waals surface area contributed by atoms with Crippen molar-refractivity contribution >= 4 is 14.1 Å². The molecule has 3 saturated carbocycles. The molecule has 0 heterocycles. The van der Waals surface area contributed by atoms with Gasteiger partial charge in [-0.3, -0.25) is 4.79 Å². The van der Waals surface area contributed by atoms with Crippen molar-refractivity contribution < 1.29 is 23.8 Å². The van der Waals surface area contributed by atoms with Crippen molar-refractivity contribution in [3.63, 3.8) is 0 Å². The summed E-state index contributed by atoms with van der Waals surface area (Å²) in [7, 11) is -0.0553. The number of ketones is 1. The minimum atomic E-state index is -1.73. The zero-order valence-corrected chi connectivity index (χ0v) is 25.0. The van der Waals surface area contributed by atoms with E-state index in [0.29, 0.717) is 18.1 Å². The predicted octanol–water partition coefficient (Wildman–Crippen LogP) is 6.44. The molecule has 0 spiro atoms. The van der Waals surface area contributed by atoms with Crippen molar-refractivity contribution in [1.82, 2.24) is 0 Å². The Kier molecular flexibility index (Phi) is 9.39. The Morgan fingerprint density at radius 1 is 1.06 bits per heavy atom. The first-order chi connectivity index (χ1) is 16.6. The quantitative estimate of drug-likeness (QED) is 0.256. The molecule has 0 saturated heterocycles. The van der Waals surface area contributed by atoms with Crippen LogP contribution < -0.4 is 0 Å². The highest BCUT2D eigenvalue weighted by Crippen LogP contribution is 2.70. The summed E-state index contributed by atoms with van der Waals surface area (Å²) >= 11 is 0. The lowest BCUT2D eigenvalue weighted by molar-refractivity contribution is -0.220. The minimum Gasteiger partial charge on any atom is -0.417 e. The summed E-state index contributed by atoms with van der Waals surface area (Å²) in [5.74, 6) is 1.23. The number of aliphatic hydroxyl groups is 1. The number of rotatable bonds is 11. The Morgan fingerprint density at radius 2 is 1.69 bits per heavy atom. The third kappa shape index (κ3) is 4.73. The first kappa shape index (κ1) is 29.3. The topological polar surface area (TPSA) is 65.0 Å². The number of hydrogen-bond acceptors (Lipinski definition) is 5. The molecule has 3 aliphatic carbocycles. The molecule has 0 aliphatic heterocycles. The van der Waals surface area contributed by atoms with Gasteiger partial charge < -0.3 is 19.0 Å². The molecule has 6 heteroatoms. The summed E-state index contributed by atoms with van der Waals surface area (Å²) in [5.41, 5.74) is -0.649. The van der Waals surface area contributed by atoms with Gasteiger partial charge in [0.1, 0.15) is 12.6 Å². The monoisotopic (exact) mass is 510 g/mol. The fraction of sp³-hybridized carbons (Fsp3) is 0.966. The molecular formula is C29H54O5Si. The van der Waals surface area contributed by atoms with E-state index in [1.54, 1.807) is 7.11 Å². The molecule has 3 fully saturated rings. The van der Waals surface area contributed by atoms with Crippen LogP contribution in [0.25, 0.3) is 0 Å². The second-order valence-electron chi connectivity index (χ2n) is 12.6. The van der Waals surface area contributed by atoms with E-state index in [1.807, 2.05) is 0 Å². The molecule has 3 rings (SSSR count). The van der Waals surface area contributed by atoms with E-state index in [-0.39, 0.29) is 48.1 Å². The van der Waals surface area contributed by atoms with Crippen molar-refractivity contribution in [3.05, 3.63) is 0 Å². The number of carbonyl (C=O) groups is 1. The molecule has 0 radical (unpaired) electrons. The van der Waals surface area contributed by atoms with Gasteiger partial charge in [-0.05, 0) is 79.8 Å². The molecule has 0 aromatic heterocycles. The summed E-state index contributed by atoms with van der Waals surface area (Å²) in [5, 5.41) is 10.6. The van der Waals surface area contributed by atoms with Crippen molar-refractivity contribution in [2.24, 2.45) is 39.9 Å². The van der Waals surface area contributed by atoms with E-state index < -0.39 is 13.7 Å². The first-order valence-electron chi connectivity index (χ1n) is 14.5. The van der Waals surface area contributed by atoms with E-state index in [1.165, 1.54) is 0 Å². The maximum absolute atomic E-state index is 14.1. The Balaban J connectivity index is 2.13. The fourth-order valence-electron chi connectivity index (χ4n) is 8.84. The van der Waals surface area contributed by atoms with Crippen molar-refractivity contribution in [2.45, 2.75) is 111 Å². The lowest BCUT2D eigenvalue weighted by Gasteiger charge is -2.63. The molecule has 0 amide bonds. The Hall–Kier alpha value is -0.273. The highest BCUT2D eigenvalue weighted by Gasteiger charge is 2.68.